The van der Waals surface area contributed by atoms with Crippen molar-refractivity contribution in [2.75, 3.05) is 30.8 Å². The number of thioether (sulfide) groups is 1. The fourth-order valence-corrected chi connectivity index (χ4v) is 5.21. The molecule has 6 nitrogen and oxygen atoms in total. The van der Waals surface area contributed by atoms with Gasteiger partial charge >= 0.3 is 0 Å². The van der Waals surface area contributed by atoms with Gasteiger partial charge in [-0.2, -0.15) is 0 Å². The quantitative estimate of drug-likeness (QED) is 0.586. The average Bonchev–Trinajstić information content (AvgIpc) is 3.23. The molecule has 0 radical (unpaired) electrons. The van der Waals surface area contributed by atoms with E-state index in [0.29, 0.717) is 48.3 Å². The van der Waals surface area contributed by atoms with E-state index in [1.807, 2.05) is 35.2 Å². The Hall–Kier alpha value is -3.45. The number of benzene rings is 3. The maximum absolute atomic E-state index is 12.7. The van der Waals surface area contributed by atoms with Crippen LogP contribution in [0.2, 0.25) is 0 Å². The van der Waals surface area contributed by atoms with Gasteiger partial charge in [0.2, 0.25) is 5.91 Å². The molecule has 2 heterocycles. The summed E-state index contributed by atoms with van der Waals surface area (Å²) >= 11 is 1.63. The van der Waals surface area contributed by atoms with Gasteiger partial charge in [0.15, 0.2) is 11.5 Å². The molecule has 1 atom stereocenters. The number of ether oxygens (including phenoxy) is 2. The van der Waals surface area contributed by atoms with Gasteiger partial charge in [0.1, 0.15) is 18.6 Å². The Labute approximate surface area is 196 Å². The largest absolute Gasteiger partial charge is 0.486 e. The highest BCUT2D eigenvalue weighted by molar-refractivity contribution is 8.00. The molecule has 0 aromatic heterocycles. The minimum Gasteiger partial charge on any atom is -0.486 e. The van der Waals surface area contributed by atoms with Crippen molar-refractivity contribution in [3.63, 3.8) is 0 Å². The van der Waals surface area contributed by atoms with Crippen molar-refractivity contribution in [3.8, 4) is 11.5 Å². The lowest BCUT2D eigenvalue weighted by Crippen LogP contribution is -2.30. The lowest BCUT2D eigenvalue weighted by atomic mass is 10.1. The molecule has 1 N–H and O–H groups in total. The number of hydrogen-bond donors (Lipinski definition) is 1. The molecule has 3 aromatic carbocycles. The van der Waals surface area contributed by atoms with Gasteiger partial charge in [-0.05, 0) is 41.8 Å². The number of amides is 2. The molecule has 1 saturated heterocycles. The van der Waals surface area contributed by atoms with E-state index in [-0.39, 0.29) is 17.2 Å². The molecule has 0 spiro atoms. The summed E-state index contributed by atoms with van der Waals surface area (Å²) in [6.45, 7) is 1.70. The highest BCUT2D eigenvalue weighted by atomic mass is 32.2. The zero-order valence-corrected chi connectivity index (χ0v) is 18.8. The smallest absolute Gasteiger partial charge is 0.255 e. The second-order valence-electron chi connectivity index (χ2n) is 7.92. The number of carbonyl (C=O) groups is 2. The summed E-state index contributed by atoms with van der Waals surface area (Å²) in [7, 11) is 0. The predicted octanol–water partition coefficient (Wildman–Crippen LogP) is 4.53. The van der Waals surface area contributed by atoms with Gasteiger partial charge in [0, 0.05) is 23.9 Å². The molecular weight excluding hydrogens is 436 g/mol. The molecule has 0 saturated carbocycles. The summed E-state index contributed by atoms with van der Waals surface area (Å²) in [5.74, 6) is 1.75. The molecule has 0 unspecified atom stereocenters. The van der Waals surface area contributed by atoms with Crippen LogP contribution in [0, 0.1) is 0 Å². The number of nitrogens with zero attached hydrogens (tertiary/aromatic N) is 1. The molecule has 1 fully saturated rings. The van der Waals surface area contributed by atoms with Crippen LogP contribution in [0.4, 0.5) is 5.69 Å². The van der Waals surface area contributed by atoms with E-state index in [4.69, 9.17) is 9.47 Å². The third-order valence-corrected chi connectivity index (χ3v) is 6.97. The molecule has 7 heteroatoms. The van der Waals surface area contributed by atoms with E-state index in [1.54, 1.807) is 42.1 Å². The normalized spacial score (nSPS) is 17.2. The Morgan fingerprint density at radius 1 is 0.970 bits per heavy atom. The number of hydrogen-bond acceptors (Lipinski definition) is 5. The minimum atomic E-state index is -0.200. The van der Waals surface area contributed by atoms with Crippen LogP contribution >= 0.6 is 11.8 Å². The molecule has 5 rings (SSSR count). The van der Waals surface area contributed by atoms with Crippen molar-refractivity contribution in [2.24, 2.45) is 0 Å². The predicted molar refractivity (Wildman–Crippen MR) is 129 cm³/mol. The van der Waals surface area contributed by atoms with E-state index in [2.05, 4.69) is 17.4 Å². The summed E-state index contributed by atoms with van der Waals surface area (Å²) in [5.41, 5.74) is 3.44. The molecule has 2 amide bonds. The van der Waals surface area contributed by atoms with Gasteiger partial charge in [-0.25, -0.2) is 0 Å². The first-order valence-corrected chi connectivity index (χ1v) is 12.0. The van der Waals surface area contributed by atoms with E-state index < -0.39 is 0 Å². The zero-order chi connectivity index (χ0) is 22.6. The molecule has 0 bridgehead atoms. The number of nitrogens with one attached hydrogen (secondary N) is 1. The van der Waals surface area contributed by atoms with Crippen molar-refractivity contribution < 1.29 is 19.1 Å². The molecule has 168 valence electrons. The van der Waals surface area contributed by atoms with Crippen LogP contribution in [-0.4, -0.2) is 42.2 Å². The first kappa shape index (κ1) is 21.4. The SMILES string of the molecule is O=C(Nc1ccc2c(c1)OCCO2)c1ccc([C@@H]2SCC(=O)N2CCc2ccccc2)cc1. The Morgan fingerprint density at radius 2 is 1.73 bits per heavy atom. The molecule has 3 aromatic rings. The average molecular weight is 461 g/mol. The minimum absolute atomic E-state index is 0.0314. The fraction of sp³-hybridized carbons (Fsp3) is 0.231. The molecule has 2 aliphatic rings. The summed E-state index contributed by atoms with van der Waals surface area (Å²) in [6, 6.07) is 23.0. The maximum Gasteiger partial charge on any atom is 0.255 e. The van der Waals surface area contributed by atoms with Gasteiger partial charge in [-0.1, -0.05) is 42.5 Å². The molecule has 33 heavy (non-hydrogen) atoms. The molecule has 2 aliphatic heterocycles. The van der Waals surface area contributed by atoms with Gasteiger partial charge in [-0.3, -0.25) is 9.59 Å². The Morgan fingerprint density at radius 3 is 2.52 bits per heavy atom. The number of rotatable bonds is 6. The fourth-order valence-electron chi connectivity index (χ4n) is 3.99. The second kappa shape index (κ2) is 9.58. The monoisotopic (exact) mass is 460 g/mol. The Balaban J connectivity index is 1.24. The Kier molecular flexibility index (Phi) is 6.21. The lowest BCUT2D eigenvalue weighted by Gasteiger charge is -2.24. The van der Waals surface area contributed by atoms with Crippen LogP contribution < -0.4 is 14.8 Å². The van der Waals surface area contributed by atoms with Crippen LogP contribution in [0.5, 0.6) is 11.5 Å². The first-order chi connectivity index (χ1) is 16.2. The summed E-state index contributed by atoms with van der Waals surface area (Å²) in [4.78, 5) is 27.2. The van der Waals surface area contributed by atoms with Crippen molar-refractivity contribution >= 4 is 29.3 Å². The van der Waals surface area contributed by atoms with Crippen LogP contribution in [0.15, 0.2) is 72.8 Å². The topological polar surface area (TPSA) is 67.9 Å². The third kappa shape index (κ3) is 4.83. The zero-order valence-electron chi connectivity index (χ0n) is 18.0. The highest BCUT2D eigenvalue weighted by Crippen LogP contribution is 2.38. The van der Waals surface area contributed by atoms with Crippen LogP contribution in [-0.2, 0) is 11.2 Å². The van der Waals surface area contributed by atoms with Crippen molar-refractivity contribution in [2.45, 2.75) is 11.8 Å². The van der Waals surface area contributed by atoms with E-state index in [1.165, 1.54) is 5.56 Å². The Bertz CT molecular complexity index is 1150. The number of anilines is 1. The maximum atomic E-state index is 12.7. The molecular formula is C26H24N2O4S. The summed E-state index contributed by atoms with van der Waals surface area (Å²) in [6.07, 6.45) is 0.819. The van der Waals surface area contributed by atoms with E-state index >= 15 is 0 Å². The number of fused-ring (bicyclic) bond motifs is 1. The van der Waals surface area contributed by atoms with Crippen molar-refractivity contribution in [3.05, 3.63) is 89.5 Å². The van der Waals surface area contributed by atoms with Crippen molar-refractivity contribution in [1.82, 2.24) is 4.90 Å². The third-order valence-electron chi connectivity index (χ3n) is 5.71. The highest BCUT2D eigenvalue weighted by Gasteiger charge is 2.32. The van der Waals surface area contributed by atoms with Crippen LogP contribution in [0.3, 0.4) is 0 Å². The molecule has 0 aliphatic carbocycles. The van der Waals surface area contributed by atoms with Gasteiger partial charge in [0.25, 0.3) is 5.91 Å². The van der Waals surface area contributed by atoms with Crippen LogP contribution in [0.1, 0.15) is 26.9 Å². The van der Waals surface area contributed by atoms with E-state index in [0.717, 1.165) is 12.0 Å². The van der Waals surface area contributed by atoms with Crippen molar-refractivity contribution in [1.29, 1.82) is 0 Å². The second-order valence-corrected chi connectivity index (χ2v) is 8.99. The summed E-state index contributed by atoms with van der Waals surface area (Å²) < 4.78 is 11.1. The standard InChI is InChI=1S/C26H24N2O4S/c29-24-17-33-26(28(24)13-12-18-4-2-1-3-5-18)20-8-6-19(7-9-20)25(30)27-21-10-11-22-23(16-21)32-15-14-31-22/h1-11,16,26H,12-15,17H2,(H,27,30)/t26-/m0/s1. The van der Waals surface area contributed by atoms with Gasteiger partial charge in [-0.15, -0.1) is 11.8 Å². The van der Waals surface area contributed by atoms with E-state index in [9.17, 15) is 9.59 Å². The first-order valence-electron chi connectivity index (χ1n) is 10.9. The van der Waals surface area contributed by atoms with Crippen LogP contribution in [0.25, 0.3) is 0 Å². The summed E-state index contributed by atoms with van der Waals surface area (Å²) in [5, 5.41) is 2.88. The van der Waals surface area contributed by atoms with Gasteiger partial charge < -0.3 is 19.7 Å². The lowest BCUT2D eigenvalue weighted by molar-refractivity contribution is -0.128. The number of carbonyl (C=O) groups excluding carboxylic acids is 2. The van der Waals surface area contributed by atoms with Gasteiger partial charge in [0.05, 0.1) is 5.75 Å².